The highest BCUT2D eigenvalue weighted by atomic mass is 19.4. The predicted molar refractivity (Wildman–Crippen MR) is 77.7 cm³/mol. The molecule has 0 radical (unpaired) electrons. The van der Waals surface area contributed by atoms with E-state index in [1.165, 1.54) is 18.5 Å². The van der Waals surface area contributed by atoms with Crippen LogP contribution in [0.25, 0.3) is 11.3 Å². The number of amides is 1. The molecule has 2 rings (SSSR count). The van der Waals surface area contributed by atoms with Crippen molar-refractivity contribution < 1.29 is 23.1 Å². The average molecular weight is 327 g/mol. The minimum atomic E-state index is -4.75. The molecule has 1 heterocycles. The van der Waals surface area contributed by atoms with E-state index in [1.807, 2.05) is 0 Å². The maximum Gasteiger partial charge on any atom is 0.416 e. The normalized spacial score (nSPS) is 12.9. The molecule has 23 heavy (non-hydrogen) atoms. The highest BCUT2D eigenvalue weighted by molar-refractivity contribution is 5.94. The first-order valence-electron chi connectivity index (χ1n) is 6.95. The van der Waals surface area contributed by atoms with E-state index in [2.05, 4.69) is 9.97 Å². The second-order valence-corrected chi connectivity index (χ2v) is 4.94. The Morgan fingerprint density at radius 3 is 2.48 bits per heavy atom. The van der Waals surface area contributed by atoms with E-state index in [4.69, 9.17) is 5.11 Å². The van der Waals surface area contributed by atoms with Crippen LogP contribution in [0.15, 0.2) is 36.8 Å². The first-order chi connectivity index (χ1) is 10.8. The molecule has 0 saturated heterocycles. The minimum Gasteiger partial charge on any atom is -0.382 e. The lowest BCUT2D eigenvalue weighted by molar-refractivity contribution is -0.206. The van der Waals surface area contributed by atoms with E-state index in [0.29, 0.717) is 0 Å². The minimum absolute atomic E-state index is 0.0638. The Morgan fingerprint density at radius 2 is 2.00 bits per heavy atom. The number of aromatic nitrogens is 2. The number of carbonyl (C=O) groups excluding carboxylic acids is 1. The molecule has 1 aromatic carbocycles. The molecule has 1 aromatic heterocycles. The molecule has 0 aliphatic rings. The number of hydrogen-bond acceptors (Lipinski definition) is 3. The smallest absolute Gasteiger partial charge is 0.382 e. The number of hydrogen-bond donors (Lipinski definition) is 2. The fourth-order valence-electron chi connectivity index (χ4n) is 2.06. The van der Waals surface area contributed by atoms with Crippen LogP contribution in [-0.2, 0) is 0 Å². The monoisotopic (exact) mass is 327 g/mol. The standard InChI is InChI=1S/C15H16F3N3O2/c1-2-21(8-13(22)15(16,17)18)14(23)11-5-3-10(4-6-11)12-7-19-9-20-12/h3-7,9,13,22H,2,8H2,1H3,(H,19,20). The highest BCUT2D eigenvalue weighted by Crippen LogP contribution is 2.22. The van der Waals surface area contributed by atoms with E-state index >= 15 is 0 Å². The number of imidazole rings is 1. The van der Waals surface area contributed by atoms with Crippen LogP contribution >= 0.6 is 0 Å². The summed E-state index contributed by atoms with van der Waals surface area (Å²) in [4.78, 5) is 20.0. The molecule has 0 aliphatic heterocycles. The van der Waals surface area contributed by atoms with Crippen molar-refractivity contribution in [3.05, 3.63) is 42.4 Å². The number of aromatic amines is 1. The van der Waals surface area contributed by atoms with Gasteiger partial charge in [-0.15, -0.1) is 0 Å². The molecule has 124 valence electrons. The maximum atomic E-state index is 12.4. The molecule has 0 bridgehead atoms. The summed E-state index contributed by atoms with van der Waals surface area (Å²) in [5.74, 6) is -0.563. The Bertz CT molecular complexity index is 639. The lowest BCUT2D eigenvalue weighted by Crippen LogP contribution is -2.43. The van der Waals surface area contributed by atoms with Gasteiger partial charge in [0.1, 0.15) is 0 Å². The maximum absolute atomic E-state index is 12.4. The zero-order chi connectivity index (χ0) is 17.0. The molecule has 0 aliphatic carbocycles. The zero-order valence-corrected chi connectivity index (χ0v) is 12.3. The number of nitrogens with one attached hydrogen (secondary N) is 1. The Morgan fingerprint density at radius 1 is 1.35 bits per heavy atom. The van der Waals surface area contributed by atoms with Crippen molar-refractivity contribution >= 4 is 5.91 Å². The van der Waals surface area contributed by atoms with Crippen molar-refractivity contribution in [2.45, 2.75) is 19.2 Å². The fraction of sp³-hybridized carbons (Fsp3) is 0.333. The van der Waals surface area contributed by atoms with Gasteiger partial charge in [-0.05, 0) is 24.6 Å². The molecule has 0 saturated carbocycles. The van der Waals surface area contributed by atoms with E-state index in [1.54, 1.807) is 25.3 Å². The number of alkyl halides is 3. The number of rotatable bonds is 5. The van der Waals surface area contributed by atoms with Crippen molar-refractivity contribution in [3.8, 4) is 11.3 Å². The zero-order valence-electron chi connectivity index (χ0n) is 12.3. The van der Waals surface area contributed by atoms with Crippen LogP contribution in [-0.4, -0.2) is 51.3 Å². The van der Waals surface area contributed by atoms with Crippen LogP contribution in [0.4, 0.5) is 13.2 Å². The summed E-state index contributed by atoms with van der Waals surface area (Å²) in [5.41, 5.74) is 1.82. The molecular weight excluding hydrogens is 311 g/mol. The summed E-state index contributed by atoms with van der Waals surface area (Å²) in [6.07, 6.45) is -4.17. The molecule has 2 N–H and O–H groups in total. The van der Waals surface area contributed by atoms with Crippen molar-refractivity contribution in [2.75, 3.05) is 13.1 Å². The average Bonchev–Trinajstić information content (AvgIpc) is 3.05. The number of aliphatic hydroxyl groups is 1. The van der Waals surface area contributed by atoms with Crippen LogP contribution in [0.1, 0.15) is 17.3 Å². The summed E-state index contributed by atoms with van der Waals surface area (Å²) in [5, 5.41) is 9.12. The van der Waals surface area contributed by atoms with Crippen LogP contribution in [0, 0.1) is 0 Å². The fourth-order valence-corrected chi connectivity index (χ4v) is 2.06. The quantitative estimate of drug-likeness (QED) is 0.886. The highest BCUT2D eigenvalue weighted by Gasteiger charge is 2.39. The third-order valence-electron chi connectivity index (χ3n) is 3.38. The second-order valence-electron chi connectivity index (χ2n) is 4.94. The number of nitrogens with zero attached hydrogens (tertiary/aromatic N) is 2. The summed E-state index contributed by atoms with van der Waals surface area (Å²) in [7, 11) is 0. The Kier molecular flexibility index (Phi) is 5.05. The van der Waals surface area contributed by atoms with Gasteiger partial charge in [0.2, 0.25) is 0 Å². The van der Waals surface area contributed by atoms with Crippen LogP contribution in [0.3, 0.4) is 0 Å². The van der Waals surface area contributed by atoms with E-state index in [9.17, 15) is 18.0 Å². The van der Waals surface area contributed by atoms with E-state index in [0.717, 1.165) is 16.2 Å². The molecule has 8 heteroatoms. The summed E-state index contributed by atoms with van der Waals surface area (Å²) in [6.45, 7) is 0.829. The van der Waals surface area contributed by atoms with Crippen molar-refractivity contribution in [2.24, 2.45) is 0 Å². The van der Waals surface area contributed by atoms with Gasteiger partial charge < -0.3 is 15.0 Å². The molecule has 1 amide bonds. The number of halogens is 3. The lowest BCUT2D eigenvalue weighted by atomic mass is 10.1. The Labute approximate surface area is 130 Å². The number of benzene rings is 1. The van der Waals surface area contributed by atoms with Crippen molar-refractivity contribution in [3.63, 3.8) is 0 Å². The van der Waals surface area contributed by atoms with Gasteiger partial charge in [-0.3, -0.25) is 4.79 Å². The van der Waals surface area contributed by atoms with Gasteiger partial charge in [0, 0.05) is 12.1 Å². The van der Waals surface area contributed by atoms with Gasteiger partial charge in [-0.1, -0.05) is 12.1 Å². The van der Waals surface area contributed by atoms with E-state index in [-0.39, 0.29) is 12.1 Å². The summed E-state index contributed by atoms with van der Waals surface area (Å²) in [6, 6.07) is 6.41. The van der Waals surface area contributed by atoms with Crippen molar-refractivity contribution in [1.29, 1.82) is 0 Å². The summed E-state index contributed by atoms with van der Waals surface area (Å²) >= 11 is 0. The third kappa shape index (κ3) is 4.10. The Hall–Kier alpha value is -2.35. The first kappa shape index (κ1) is 17.0. The molecule has 0 fully saturated rings. The molecule has 2 aromatic rings. The number of likely N-dealkylation sites (N-methyl/N-ethyl adjacent to an activating group) is 1. The van der Waals surface area contributed by atoms with Crippen LogP contribution in [0.5, 0.6) is 0 Å². The van der Waals surface area contributed by atoms with Gasteiger partial charge in [-0.25, -0.2) is 4.98 Å². The van der Waals surface area contributed by atoms with Crippen molar-refractivity contribution in [1.82, 2.24) is 14.9 Å². The Balaban J connectivity index is 2.11. The molecule has 1 unspecified atom stereocenters. The number of H-pyrrole nitrogens is 1. The van der Waals surface area contributed by atoms with Crippen LogP contribution < -0.4 is 0 Å². The predicted octanol–water partition coefficient (Wildman–Crippen LogP) is 2.46. The topological polar surface area (TPSA) is 69.2 Å². The third-order valence-corrected chi connectivity index (χ3v) is 3.38. The first-order valence-corrected chi connectivity index (χ1v) is 6.95. The molecular formula is C15H16F3N3O2. The number of carbonyl (C=O) groups is 1. The molecule has 1 atom stereocenters. The SMILES string of the molecule is CCN(CC(O)C(F)(F)F)C(=O)c1ccc(-c2cnc[nH]2)cc1. The number of aliphatic hydroxyl groups excluding tert-OH is 1. The van der Waals surface area contributed by atoms with Gasteiger partial charge in [0.15, 0.2) is 6.10 Å². The lowest BCUT2D eigenvalue weighted by Gasteiger charge is -2.25. The summed E-state index contributed by atoms with van der Waals surface area (Å²) < 4.78 is 37.3. The van der Waals surface area contributed by atoms with Crippen LogP contribution in [0.2, 0.25) is 0 Å². The van der Waals surface area contributed by atoms with Gasteiger partial charge in [-0.2, -0.15) is 13.2 Å². The van der Waals surface area contributed by atoms with Gasteiger partial charge >= 0.3 is 6.18 Å². The van der Waals surface area contributed by atoms with Gasteiger partial charge in [0.05, 0.1) is 24.8 Å². The largest absolute Gasteiger partial charge is 0.416 e. The van der Waals surface area contributed by atoms with E-state index < -0.39 is 24.7 Å². The molecule has 0 spiro atoms. The van der Waals surface area contributed by atoms with Gasteiger partial charge in [0.25, 0.3) is 5.91 Å². The second kappa shape index (κ2) is 6.82. The molecule has 5 nitrogen and oxygen atoms in total.